The van der Waals surface area contributed by atoms with E-state index in [0.717, 1.165) is 25.7 Å². The van der Waals surface area contributed by atoms with E-state index in [2.05, 4.69) is 0 Å². The molecule has 0 aromatic rings. The molecule has 1 rings (SSSR count). The van der Waals surface area contributed by atoms with Gasteiger partial charge in [-0.25, -0.2) is 8.42 Å². The van der Waals surface area contributed by atoms with Crippen LogP contribution < -0.4 is 0 Å². The van der Waals surface area contributed by atoms with Gasteiger partial charge in [0.05, 0.1) is 12.9 Å². The van der Waals surface area contributed by atoms with Crippen molar-refractivity contribution in [3.63, 3.8) is 0 Å². The van der Waals surface area contributed by atoms with Crippen molar-refractivity contribution in [2.45, 2.75) is 44.7 Å². The first-order valence-corrected chi connectivity index (χ1v) is 6.95. The molecule has 1 fully saturated rings. The van der Waals surface area contributed by atoms with Gasteiger partial charge in [0, 0.05) is 12.1 Å². The highest BCUT2D eigenvalue weighted by atomic mass is 32.2. The summed E-state index contributed by atoms with van der Waals surface area (Å²) < 4.78 is 24.5. The number of rotatable bonds is 6. The Bertz CT molecular complexity index is 272. The van der Waals surface area contributed by atoms with E-state index in [0.29, 0.717) is 0 Å². The van der Waals surface area contributed by atoms with E-state index in [-0.39, 0.29) is 18.7 Å². The van der Waals surface area contributed by atoms with E-state index in [1.54, 1.807) is 0 Å². The second-order valence-corrected chi connectivity index (χ2v) is 5.84. The van der Waals surface area contributed by atoms with Crippen LogP contribution in [0.15, 0.2) is 0 Å². The van der Waals surface area contributed by atoms with Gasteiger partial charge in [-0.2, -0.15) is 4.31 Å². The zero-order valence-electron chi connectivity index (χ0n) is 8.81. The van der Waals surface area contributed by atoms with E-state index in [1.807, 2.05) is 6.92 Å². The first-order chi connectivity index (χ1) is 6.50. The molecule has 0 radical (unpaired) electrons. The highest BCUT2D eigenvalue weighted by molar-refractivity contribution is 7.88. The minimum Gasteiger partial charge on any atom is -0.395 e. The molecule has 0 unspecified atom stereocenters. The summed E-state index contributed by atoms with van der Waals surface area (Å²) in [6, 6.07) is -0.0730. The lowest BCUT2D eigenvalue weighted by Gasteiger charge is -2.27. The molecule has 84 valence electrons. The summed E-state index contributed by atoms with van der Waals surface area (Å²) in [5.74, 6) is 0. The van der Waals surface area contributed by atoms with Crippen LogP contribution in [0, 0.1) is 0 Å². The SMILES string of the molecule is CCC[C@H](CO)N(C1CC1)S(C)(=O)=O. The van der Waals surface area contributed by atoms with Crippen LogP contribution in [0.4, 0.5) is 0 Å². The average molecular weight is 221 g/mol. The van der Waals surface area contributed by atoms with E-state index >= 15 is 0 Å². The first kappa shape index (κ1) is 11.9. The molecule has 0 aromatic heterocycles. The van der Waals surface area contributed by atoms with Gasteiger partial charge in [-0.3, -0.25) is 0 Å². The van der Waals surface area contributed by atoms with Gasteiger partial charge in [0.25, 0.3) is 0 Å². The largest absolute Gasteiger partial charge is 0.395 e. The van der Waals surface area contributed by atoms with Crippen LogP contribution in [-0.4, -0.2) is 42.8 Å². The molecular formula is C9H19NO3S. The Morgan fingerprint density at radius 2 is 2.07 bits per heavy atom. The quantitative estimate of drug-likeness (QED) is 0.713. The summed E-state index contributed by atoms with van der Waals surface area (Å²) in [5.41, 5.74) is 0. The van der Waals surface area contributed by atoms with Crippen molar-refractivity contribution in [3.05, 3.63) is 0 Å². The van der Waals surface area contributed by atoms with Gasteiger partial charge in [0.15, 0.2) is 0 Å². The van der Waals surface area contributed by atoms with Gasteiger partial charge in [0.2, 0.25) is 10.0 Å². The zero-order valence-corrected chi connectivity index (χ0v) is 9.63. The normalized spacial score (nSPS) is 20.0. The number of aliphatic hydroxyl groups excluding tert-OH is 1. The van der Waals surface area contributed by atoms with Gasteiger partial charge in [-0.1, -0.05) is 13.3 Å². The molecule has 0 aliphatic heterocycles. The van der Waals surface area contributed by atoms with E-state index in [1.165, 1.54) is 10.6 Å². The zero-order chi connectivity index (χ0) is 10.8. The lowest BCUT2D eigenvalue weighted by Crippen LogP contribution is -2.43. The highest BCUT2D eigenvalue weighted by Gasteiger charge is 2.39. The minimum atomic E-state index is -3.16. The van der Waals surface area contributed by atoms with Crippen molar-refractivity contribution in [1.29, 1.82) is 0 Å². The summed E-state index contributed by atoms with van der Waals surface area (Å²) in [6.45, 7) is 1.92. The average Bonchev–Trinajstić information content (AvgIpc) is 2.85. The molecule has 0 saturated heterocycles. The molecule has 0 aromatic carbocycles. The fourth-order valence-corrected chi connectivity index (χ4v) is 3.27. The summed E-state index contributed by atoms with van der Waals surface area (Å²) in [7, 11) is -3.16. The number of sulfonamides is 1. The molecule has 0 spiro atoms. The van der Waals surface area contributed by atoms with Crippen LogP contribution in [0.5, 0.6) is 0 Å². The molecule has 14 heavy (non-hydrogen) atoms. The maximum Gasteiger partial charge on any atom is 0.211 e. The number of hydrogen-bond acceptors (Lipinski definition) is 3. The smallest absolute Gasteiger partial charge is 0.211 e. The van der Waals surface area contributed by atoms with Crippen LogP contribution in [0.25, 0.3) is 0 Å². The molecular weight excluding hydrogens is 202 g/mol. The van der Waals surface area contributed by atoms with Crippen molar-refractivity contribution in [1.82, 2.24) is 4.31 Å². The Hall–Kier alpha value is -0.130. The molecule has 1 N–H and O–H groups in total. The maximum atomic E-state index is 11.5. The molecule has 0 bridgehead atoms. The Labute approximate surface area is 86.0 Å². The van der Waals surface area contributed by atoms with Crippen molar-refractivity contribution in [2.24, 2.45) is 0 Å². The van der Waals surface area contributed by atoms with Crippen LogP contribution in [0.2, 0.25) is 0 Å². The molecule has 1 saturated carbocycles. The van der Waals surface area contributed by atoms with Gasteiger partial charge >= 0.3 is 0 Å². The third-order valence-corrected chi connectivity index (χ3v) is 3.84. The number of aliphatic hydroxyl groups is 1. The van der Waals surface area contributed by atoms with Gasteiger partial charge in [-0.05, 0) is 19.3 Å². The van der Waals surface area contributed by atoms with Crippen molar-refractivity contribution in [2.75, 3.05) is 12.9 Å². The summed E-state index contributed by atoms with van der Waals surface area (Å²) in [6.07, 6.45) is 4.73. The monoisotopic (exact) mass is 221 g/mol. The Balaban J connectivity index is 2.74. The Morgan fingerprint density at radius 1 is 1.50 bits per heavy atom. The predicted octanol–water partition coefficient (Wildman–Crippen LogP) is 0.571. The van der Waals surface area contributed by atoms with Crippen LogP contribution in [0.3, 0.4) is 0 Å². The van der Waals surface area contributed by atoms with Crippen LogP contribution >= 0.6 is 0 Å². The molecule has 0 heterocycles. The third-order valence-electron chi connectivity index (χ3n) is 2.48. The second-order valence-electron chi connectivity index (χ2n) is 3.95. The molecule has 4 nitrogen and oxygen atoms in total. The van der Waals surface area contributed by atoms with Crippen LogP contribution in [-0.2, 0) is 10.0 Å². The van der Waals surface area contributed by atoms with Crippen molar-refractivity contribution < 1.29 is 13.5 Å². The number of hydrogen-bond donors (Lipinski definition) is 1. The van der Waals surface area contributed by atoms with E-state index in [4.69, 9.17) is 5.11 Å². The van der Waals surface area contributed by atoms with Gasteiger partial charge in [-0.15, -0.1) is 0 Å². The predicted molar refractivity (Wildman–Crippen MR) is 55.5 cm³/mol. The van der Waals surface area contributed by atoms with Crippen LogP contribution in [0.1, 0.15) is 32.6 Å². The van der Waals surface area contributed by atoms with Gasteiger partial charge < -0.3 is 5.11 Å². The minimum absolute atomic E-state index is 0.0720. The molecule has 5 heteroatoms. The maximum absolute atomic E-state index is 11.5. The lowest BCUT2D eigenvalue weighted by molar-refractivity contribution is 0.174. The summed E-state index contributed by atoms with van der Waals surface area (Å²) in [4.78, 5) is 0. The Kier molecular flexibility index (Phi) is 3.92. The summed E-state index contributed by atoms with van der Waals surface area (Å²) in [5, 5.41) is 9.16. The lowest BCUT2D eigenvalue weighted by atomic mass is 10.2. The van der Waals surface area contributed by atoms with Crippen molar-refractivity contribution in [3.8, 4) is 0 Å². The topological polar surface area (TPSA) is 57.6 Å². The standard InChI is InChI=1S/C9H19NO3S/c1-3-4-9(7-11)10(8-5-6-8)14(2,12)13/h8-9,11H,3-7H2,1-2H3/t9-/m1/s1. The fraction of sp³-hybridized carbons (Fsp3) is 1.00. The third kappa shape index (κ3) is 2.93. The molecule has 1 aliphatic carbocycles. The van der Waals surface area contributed by atoms with Gasteiger partial charge in [0.1, 0.15) is 0 Å². The second kappa shape index (κ2) is 4.59. The first-order valence-electron chi connectivity index (χ1n) is 5.10. The Morgan fingerprint density at radius 3 is 2.36 bits per heavy atom. The molecule has 1 aliphatic rings. The number of nitrogens with zero attached hydrogens (tertiary/aromatic N) is 1. The fourth-order valence-electron chi connectivity index (χ4n) is 1.80. The summed E-state index contributed by atoms with van der Waals surface area (Å²) >= 11 is 0. The highest BCUT2D eigenvalue weighted by Crippen LogP contribution is 2.31. The van der Waals surface area contributed by atoms with E-state index in [9.17, 15) is 8.42 Å². The molecule has 1 atom stereocenters. The van der Waals surface area contributed by atoms with E-state index < -0.39 is 10.0 Å². The van der Waals surface area contributed by atoms with Crippen molar-refractivity contribution >= 4 is 10.0 Å². The molecule has 0 amide bonds.